The maximum Gasteiger partial charge on any atom is 0.267 e. The van der Waals surface area contributed by atoms with Crippen LogP contribution in [0.4, 0.5) is 0 Å². The summed E-state index contributed by atoms with van der Waals surface area (Å²) in [6.45, 7) is 1.69. The summed E-state index contributed by atoms with van der Waals surface area (Å²) in [5, 5.41) is 18.7. The van der Waals surface area contributed by atoms with Gasteiger partial charge in [0.1, 0.15) is 0 Å². The SMILES string of the molecule is COc1cccc(/C=N/NC(=O)Cc2c(C)[nH][nH]c2=O)c1O. The second-order valence-corrected chi connectivity index (χ2v) is 4.55. The van der Waals surface area contributed by atoms with Crippen LogP contribution in [-0.2, 0) is 11.2 Å². The fourth-order valence-corrected chi connectivity index (χ4v) is 1.87. The normalized spacial score (nSPS) is 10.8. The first-order chi connectivity index (χ1) is 10.5. The number of aromatic amines is 2. The van der Waals surface area contributed by atoms with Gasteiger partial charge in [-0.3, -0.25) is 14.7 Å². The van der Waals surface area contributed by atoms with Gasteiger partial charge in [0.25, 0.3) is 5.56 Å². The molecule has 4 N–H and O–H groups in total. The highest BCUT2D eigenvalue weighted by Gasteiger charge is 2.11. The molecular formula is C14H16N4O4. The minimum atomic E-state index is -0.438. The number of carbonyl (C=O) groups excluding carboxylic acids is 1. The molecule has 0 saturated carbocycles. The van der Waals surface area contributed by atoms with Crippen LogP contribution in [0.25, 0.3) is 0 Å². The van der Waals surface area contributed by atoms with Crippen molar-refractivity contribution in [3.8, 4) is 11.5 Å². The number of nitrogens with zero attached hydrogens (tertiary/aromatic N) is 1. The fraction of sp³-hybridized carbons (Fsp3) is 0.214. The Bertz CT molecular complexity index is 760. The van der Waals surface area contributed by atoms with E-state index in [-0.39, 0.29) is 17.7 Å². The van der Waals surface area contributed by atoms with Gasteiger partial charge in [0.15, 0.2) is 11.5 Å². The Balaban J connectivity index is 2.01. The zero-order valence-electron chi connectivity index (χ0n) is 12.1. The van der Waals surface area contributed by atoms with Gasteiger partial charge >= 0.3 is 0 Å². The van der Waals surface area contributed by atoms with Gasteiger partial charge in [-0.15, -0.1) is 0 Å². The number of phenolic OH excluding ortho intramolecular Hbond substituents is 1. The van der Waals surface area contributed by atoms with Crippen molar-refractivity contribution in [2.24, 2.45) is 5.10 Å². The van der Waals surface area contributed by atoms with E-state index in [2.05, 4.69) is 20.7 Å². The van der Waals surface area contributed by atoms with E-state index < -0.39 is 5.91 Å². The summed E-state index contributed by atoms with van der Waals surface area (Å²) in [6, 6.07) is 4.91. The van der Waals surface area contributed by atoms with E-state index in [1.54, 1.807) is 25.1 Å². The second-order valence-electron chi connectivity index (χ2n) is 4.55. The molecule has 0 aliphatic rings. The summed E-state index contributed by atoms with van der Waals surface area (Å²) in [5.41, 5.74) is 3.33. The van der Waals surface area contributed by atoms with E-state index in [0.717, 1.165) is 0 Å². The number of carbonyl (C=O) groups is 1. The minimum Gasteiger partial charge on any atom is -0.504 e. The molecule has 2 rings (SSSR count). The van der Waals surface area contributed by atoms with Crippen molar-refractivity contribution < 1.29 is 14.6 Å². The van der Waals surface area contributed by atoms with E-state index in [4.69, 9.17) is 4.74 Å². The van der Waals surface area contributed by atoms with Crippen LogP contribution in [0, 0.1) is 6.92 Å². The average molecular weight is 304 g/mol. The zero-order valence-corrected chi connectivity index (χ0v) is 12.1. The Morgan fingerprint density at radius 2 is 2.23 bits per heavy atom. The van der Waals surface area contributed by atoms with Gasteiger partial charge in [-0.2, -0.15) is 5.10 Å². The third kappa shape index (κ3) is 3.35. The largest absolute Gasteiger partial charge is 0.504 e. The van der Waals surface area contributed by atoms with Crippen LogP contribution >= 0.6 is 0 Å². The van der Waals surface area contributed by atoms with Crippen molar-refractivity contribution in [1.82, 2.24) is 15.6 Å². The number of para-hydroxylation sites is 1. The summed E-state index contributed by atoms with van der Waals surface area (Å²) in [7, 11) is 1.44. The summed E-state index contributed by atoms with van der Waals surface area (Å²) in [4.78, 5) is 23.2. The summed E-state index contributed by atoms with van der Waals surface area (Å²) < 4.78 is 4.97. The molecule has 0 fully saturated rings. The van der Waals surface area contributed by atoms with Gasteiger partial charge < -0.3 is 14.9 Å². The lowest BCUT2D eigenvalue weighted by Crippen LogP contribution is -2.23. The first kappa shape index (κ1) is 15.4. The third-order valence-electron chi connectivity index (χ3n) is 3.07. The highest BCUT2D eigenvalue weighted by molar-refractivity contribution is 5.86. The number of phenols is 1. The summed E-state index contributed by atoms with van der Waals surface area (Å²) in [5.74, 6) is -0.197. The van der Waals surface area contributed by atoms with E-state index in [1.165, 1.54) is 13.3 Å². The molecule has 0 saturated heterocycles. The van der Waals surface area contributed by atoms with Gasteiger partial charge in [0, 0.05) is 16.8 Å². The fourth-order valence-electron chi connectivity index (χ4n) is 1.87. The van der Waals surface area contributed by atoms with E-state index in [1.807, 2.05) is 0 Å². The van der Waals surface area contributed by atoms with Crippen LogP contribution in [0.3, 0.4) is 0 Å². The lowest BCUT2D eigenvalue weighted by Gasteiger charge is -2.04. The van der Waals surface area contributed by atoms with Crippen molar-refractivity contribution in [3.05, 3.63) is 45.4 Å². The molecule has 8 heteroatoms. The van der Waals surface area contributed by atoms with E-state index in [0.29, 0.717) is 22.6 Å². The molecule has 1 heterocycles. The summed E-state index contributed by atoms with van der Waals surface area (Å²) >= 11 is 0. The average Bonchev–Trinajstić information content (AvgIpc) is 2.81. The monoisotopic (exact) mass is 304 g/mol. The second kappa shape index (κ2) is 6.61. The first-order valence-corrected chi connectivity index (χ1v) is 6.47. The Hall–Kier alpha value is -3.03. The van der Waals surface area contributed by atoms with E-state index >= 15 is 0 Å². The highest BCUT2D eigenvalue weighted by Crippen LogP contribution is 2.27. The number of hydrogen-bond acceptors (Lipinski definition) is 5. The smallest absolute Gasteiger partial charge is 0.267 e. The number of amides is 1. The van der Waals surface area contributed by atoms with Gasteiger partial charge in [-0.05, 0) is 19.1 Å². The number of benzene rings is 1. The molecule has 1 aromatic carbocycles. The molecule has 0 aliphatic heterocycles. The van der Waals surface area contributed by atoms with Crippen LogP contribution in [0.2, 0.25) is 0 Å². The standard InChI is InChI=1S/C14H16N4O4/c1-8-10(14(21)18-16-8)6-12(19)17-15-7-9-4-3-5-11(22-2)13(9)20/h3-5,7,20H,6H2,1-2H3,(H,17,19)(H2,16,18,21)/b15-7+. The predicted molar refractivity (Wildman–Crippen MR) is 80.2 cm³/mol. The number of aryl methyl sites for hydroxylation is 1. The molecule has 0 spiro atoms. The maximum atomic E-state index is 11.7. The van der Waals surface area contributed by atoms with Crippen molar-refractivity contribution >= 4 is 12.1 Å². The number of ether oxygens (including phenoxy) is 1. The number of H-pyrrole nitrogens is 2. The van der Waals surface area contributed by atoms with E-state index in [9.17, 15) is 14.7 Å². The van der Waals surface area contributed by atoms with Crippen molar-refractivity contribution in [2.45, 2.75) is 13.3 Å². The minimum absolute atomic E-state index is 0.0686. The van der Waals surface area contributed by atoms with Crippen LogP contribution in [0.15, 0.2) is 28.1 Å². The molecule has 0 bridgehead atoms. The lowest BCUT2D eigenvalue weighted by atomic mass is 10.2. The van der Waals surface area contributed by atoms with Crippen molar-refractivity contribution in [1.29, 1.82) is 0 Å². The van der Waals surface area contributed by atoms with Crippen LogP contribution in [0.1, 0.15) is 16.8 Å². The quantitative estimate of drug-likeness (QED) is 0.472. The van der Waals surface area contributed by atoms with Gasteiger partial charge in [-0.25, -0.2) is 5.43 Å². The maximum absolute atomic E-state index is 11.7. The molecule has 0 atom stereocenters. The van der Waals surface area contributed by atoms with Crippen LogP contribution in [-0.4, -0.2) is 34.5 Å². The molecular weight excluding hydrogens is 288 g/mol. The lowest BCUT2D eigenvalue weighted by molar-refractivity contribution is -0.120. The molecule has 2 aromatic rings. The predicted octanol–water partition coefficient (Wildman–Crippen LogP) is 0.418. The number of nitrogens with one attached hydrogen (secondary N) is 3. The topological polar surface area (TPSA) is 120 Å². The number of hydrogen-bond donors (Lipinski definition) is 4. The van der Waals surface area contributed by atoms with Crippen molar-refractivity contribution in [2.75, 3.05) is 7.11 Å². The molecule has 1 amide bonds. The number of rotatable bonds is 5. The summed E-state index contributed by atoms with van der Waals surface area (Å²) in [6.07, 6.45) is 1.20. The Kier molecular flexibility index (Phi) is 4.62. The number of hydrazone groups is 1. The molecule has 0 unspecified atom stereocenters. The van der Waals surface area contributed by atoms with Crippen molar-refractivity contribution in [3.63, 3.8) is 0 Å². The molecule has 0 aliphatic carbocycles. The number of methoxy groups -OCH3 is 1. The van der Waals surface area contributed by atoms with Crippen LogP contribution in [0.5, 0.6) is 11.5 Å². The van der Waals surface area contributed by atoms with Crippen LogP contribution < -0.4 is 15.7 Å². The molecule has 1 aromatic heterocycles. The molecule has 8 nitrogen and oxygen atoms in total. The molecule has 0 radical (unpaired) electrons. The Morgan fingerprint density at radius 1 is 1.45 bits per heavy atom. The number of aromatic nitrogens is 2. The van der Waals surface area contributed by atoms with Gasteiger partial charge in [-0.1, -0.05) is 6.07 Å². The number of aromatic hydroxyl groups is 1. The van der Waals surface area contributed by atoms with Gasteiger partial charge in [0.2, 0.25) is 5.91 Å². The highest BCUT2D eigenvalue weighted by atomic mass is 16.5. The molecule has 116 valence electrons. The van der Waals surface area contributed by atoms with Gasteiger partial charge in [0.05, 0.1) is 19.7 Å². The molecule has 22 heavy (non-hydrogen) atoms. The third-order valence-corrected chi connectivity index (χ3v) is 3.07. The first-order valence-electron chi connectivity index (χ1n) is 6.47. The Morgan fingerprint density at radius 3 is 2.86 bits per heavy atom. The zero-order chi connectivity index (χ0) is 16.1. The Labute approximate surface area is 125 Å².